The molecule has 3 aromatic carbocycles. The molecule has 2 N–H and O–H groups in total. The average Bonchev–Trinajstić information content (AvgIpc) is 3.83. The number of rotatable bonds is 12. The zero-order chi connectivity index (χ0) is 32.3. The third kappa shape index (κ3) is 5.70. The van der Waals surface area contributed by atoms with Crippen molar-refractivity contribution < 1.29 is 9.53 Å². The van der Waals surface area contributed by atoms with E-state index in [4.69, 9.17) is 21.3 Å². The van der Waals surface area contributed by atoms with E-state index < -0.39 is 11.5 Å². The summed E-state index contributed by atoms with van der Waals surface area (Å²) in [6.45, 7) is 2.62. The molecule has 3 aromatic heterocycles. The van der Waals surface area contributed by atoms with Crippen molar-refractivity contribution in [3.8, 4) is 22.5 Å². The molecule has 11 heteroatoms. The van der Waals surface area contributed by atoms with Crippen LogP contribution in [0.1, 0.15) is 42.4 Å². The Balaban J connectivity index is 1.44. The smallest absolute Gasteiger partial charge is 0.332 e. The minimum Gasteiger partial charge on any atom is -0.467 e. The summed E-state index contributed by atoms with van der Waals surface area (Å²) in [6.07, 6.45) is 4.96. The molecule has 1 atom stereocenters. The summed E-state index contributed by atoms with van der Waals surface area (Å²) in [5, 5.41) is 16.0. The molecule has 0 radical (unpaired) electrons. The second kappa shape index (κ2) is 13.3. The number of hydrogen-bond acceptors (Lipinski definition) is 7. The second-order valence-corrected chi connectivity index (χ2v) is 12.0. The Morgan fingerprint density at radius 3 is 2.46 bits per heavy atom. The summed E-state index contributed by atoms with van der Waals surface area (Å²) in [5.41, 5.74) is 5.31. The molecule has 0 amide bonds. The van der Waals surface area contributed by atoms with Crippen molar-refractivity contribution in [3.63, 3.8) is 0 Å². The number of methoxy groups -OCH3 is 1. The topological polar surface area (TPSA) is 118 Å². The number of likely N-dealkylation sites (N-methyl/N-ethyl adjacent to an activating group) is 1. The highest BCUT2D eigenvalue weighted by molar-refractivity contribution is 6.30. The van der Waals surface area contributed by atoms with Gasteiger partial charge < -0.3 is 14.3 Å². The minimum atomic E-state index is -1.25. The number of nitrogens with zero attached hydrogens (tertiary/aromatic N) is 6. The van der Waals surface area contributed by atoms with Gasteiger partial charge in [0.15, 0.2) is 10.7 Å². The lowest BCUT2D eigenvalue weighted by molar-refractivity contribution is -0.155. The van der Waals surface area contributed by atoms with Crippen molar-refractivity contribution in [2.24, 2.45) is 0 Å². The lowest BCUT2D eigenvalue weighted by Crippen LogP contribution is -2.52. The first-order chi connectivity index (χ1) is 22.4. The summed E-state index contributed by atoms with van der Waals surface area (Å²) in [7, 11) is 5.20. The Labute approximate surface area is 272 Å². The van der Waals surface area contributed by atoms with E-state index in [9.17, 15) is 4.79 Å². The fraction of sp³-hybridized carbons (Fsp3) is 0.286. The number of ether oxygens (including phenoxy) is 1. The second-order valence-electron chi connectivity index (χ2n) is 11.6. The molecule has 6 aromatic rings. The van der Waals surface area contributed by atoms with Crippen LogP contribution in [0.25, 0.3) is 33.4 Å². The molecule has 0 spiro atoms. The minimum absolute atomic E-state index is 0.302. The fourth-order valence-corrected chi connectivity index (χ4v) is 6.62. The van der Waals surface area contributed by atoms with Crippen molar-refractivity contribution in [1.29, 1.82) is 0 Å². The first-order valence-electron chi connectivity index (χ1n) is 15.4. The van der Waals surface area contributed by atoms with E-state index >= 15 is 0 Å². The molecule has 6 rings (SSSR count). The Morgan fingerprint density at radius 2 is 1.76 bits per heavy atom. The van der Waals surface area contributed by atoms with Crippen molar-refractivity contribution in [2.45, 2.75) is 44.7 Å². The number of H-pyrrole nitrogens is 2. The van der Waals surface area contributed by atoms with Gasteiger partial charge in [-0.25, -0.2) is 9.78 Å². The summed E-state index contributed by atoms with van der Waals surface area (Å²) in [6, 6.07) is 24.4. The Hall–Kier alpha value is -4.80. The molecule has 0 fully saturated rings. The van der Waals surface area contributed by atoms with Crippen molar-refractivity contribution in [3.05, 3.63) is 107 Å². The van der Waals surface area contributed by atoms with Gasteiger partial charge >= 0.3 is 5.97 Å². The number of hydrogen-bond donors (Lipinski definition) is 2. The molecule has 0 saturated carbocycles. The van der Waals surface area contributed by atoms with Crippen molar-refractivity contribution >= 4 is 28.5 Å². The zero-order valence-corrected chi connectivity index (χ0v) is 27.2. The van der Waals surface area contributed by atoms with Gasteiger partial charge in [-0.1, -0.05) is 91.7 Å². The summed E-state index contributed by atoms with van der Waals surface area (Å²) in [4.78, 5) is 24.2. The van der Waals surface area contributed by atoms with Crippen LogP contribution >= 0.6 is 11.6 Å². The van der Waals surface area contributed by atoms with Crippen LogP contribution in [-0.2, 0) is 34.5 Å². The fourth-order valence-electron chi connectivity index (χ4n) is 6.26. The lowest BCUT2D eigenvalue weighted by Gasteiger charge is -2.38. The monoisotopic (exact) mass is 636 g/mol. The molecule has 236 valence electrons. The van der Waals surface area contributed by atoms with Gasteiger partial charge in [0.2, 0.25) is 5.82 Å². The first-order valence-corrected chi connectivity index (χ1v) is 15.7. The standard InChI is InChI=1S/C35H37ClN8O2/c1-5-6-15-30-38-32(36)31(35(43(2)3,34(45)46-4)20-25-21-37-29-14-10-9-12-27(25)29)44(30)22-23-16-18-24(19-17-23)26-11-7-8-13-28(26)33-39-41-42-40-33/h7-14,16-19,21,37H,5-6,15,20,22H2,1-4H3,(H,39,40,41,42)/t35-/m1/s1. The van der Waals surface area contributed by atoms with E-state index in [0.717, 1.165) is 63.8 Å². The number of nitrogens with one attached hydrogen (secondary N) is 2. The molecule has 0 aliphatic rings. The number of benzene rings is 3. The van der Waals surface area contributed by atoms with Crippen molar-refractivity contribution in [2.75, 3.05) is 21.2 Å². The van der Waals surface area contributed by atoms with Crippen LogP contribution in [0.2, 0.25) is 5.15 Å². The van der Waals surface area contributed by atoms with Gasteiger partial charge in [-0.2, -0.15) is 5.21 Å². The average molecular weight is 637 g/mol. The van der Waals surface area contributed by atoms with E-state index in [1.54, 1.807) is 0 Å². The van der Waals surface area contributed by atoms with Gasteiger partial charge in [0.05, 0.1) is 12.8 Å². The lowest BCUT2D eigenvalue weighted by atomic mass is 9.85. The molecule has 0 aliphatic carbocycles. The number of aryl methyl sites for hydroxylation is 1. The largest absolute Gasteiger partial charge is 0.467 e. The van der Waals surface area contributed by atoms with Gasteiger partial charge in [0.25, 0.3) is 0 Å². The van der Waals surface area contributed by atoms with Crippen LogP contribution in [-0.4, -0.2) is 67.2 Å². The third-order valence-corrected chi connectivity index (χ3v) is 8.94. The molecular weight excluding hydrogens is 600 g/mol. The molecule has 10 nitrogen and oxygen atoms in total. The number of fused-ring (bicyclic) bond motifs is 1. The molecule has 0 bridgehead atoms. The van der Waals surface area contributed by atoms with E-state index in [0.29, 0.717) is 29.6 Å². The SMILES string of the molecule is CCCCc1nc(Cl)c([C@](Cc2c[nH]c3ccccc23)(C(=O)OC)N(C)C)n1Cc1ccc(-c2ccccc2-c2nn[nH]n2)cc1. The number of unbranched alkanes of at least 4 members (excludes halogenated alkanes) is 1. The zero-order valence-electron chi connectivity index (χ0n) is 26.4. The number of aromatic amines is 2. The van der Waals surface area contributed by atoms with Crippen LogP contribution in [0, 0.1) is 0 Å². The first kappa shape index (κ1) is 31.2. The van der Waals surface area contributed by atoms with E-state index in [1.165, 1.54) is 7.11 Å². The molecule has 3 heterocycles. The Bertz CT molecular complexity index is 1950. The summed E-state index contributed by atoms with van der Waals surface area (Å²) < 4.78 is 7.66. The number of tetrazole rings is 1. The molecule has 0 saturated heterocycles. The number of aromatic nitrogens is 7. The number of imidazole rings is 1. The Kier molecular flexibility index (Phi) is 9.01. The van der Waals surface area contributed by atoms with Crippen LogP contribution in [0.5, 0.6) is 0 Å². The van der Waals surface area contributed by atoms with Crippen LogP contribution in [0.3, 0.4) is 0 Å². The number of esters is 1. The highest BCUT2D eigenvalue weighted by Gasteiger charge is 2.49. The van der Waals surface area contributed by atoms with Crippen LogP contribution < -0.4 is 0 Å². The number of carbonyl (C=O) groups excluding carboxylic acids is 1. The predicted octanol–water partition coefficient (Wildman–Crippen LogP) is 6.43. The van der Waals surface area contributed by atoms with Crippen LogP contribution in [0.15, 0.2) is 79.0 Å². The van der Waals surface area contributed by atoms with Gasteiger partial charge in [-0.15, -0.1) is 10.2 Å². The Morgan fingerprint density at radius 1 is 1.02 bits per heavy atom. The van der Waals surface area contributed by atoms with E-state index in [-0.39, 0.29) is 0 Å². The summed E-state index contributed by atoms with van der Waals surface area (Å²) >= 11 is 7.06. The van der Waals surface area contributed by atoms with Gasteiger partial charge in [-0.05, 0) is 54.0 Å². The van der Waals surface area contributed by atoms with Gasteiger partial charge in [0.1, 0.15) is 5.82 Å². The van der Waals surface area contributed by atoms with E-state index in [2.05, 4.69) is 67.4 Å². The van der Waals surface area contributed by atoms with Gasteiger partial charge in [0, 0.05) is 42.0 Å². The van der Waals surface area contributed by atoms with Crippen LogP contribution in [0.4, 0.5) is 0 Å². The van der Waals surface area contributed by atoms with E-state index in [1.807, 2.05) is 67.7 Å². The normalized spacial score (nSPS) is 12.9. The number of para-hydroxylation sites is 1. The maximum Gasteiger partial charge on any atom is 0.332 e. The quantitative estimate of drug-likeness (QED) is 0.149. The predicted molar refractivity (Wildman–Crippen MR) is 179 cm³/mol. The number of carbonyl (C=O) groups is 1. The molecule has 0 aliphatic heterocycles. The summed E-state index contributed by atoms with van der Waals surface area (Å²) in [5.74, 6) is 0.972. The highest BCUT2D eigenvalue weighted by atomic mass is 35.5. The maximum atomic E-state index is 14.1. The maximum absolute atomic E-state index is 14.1. The molecule has 0 unspecified atom stereocenters. The number of halogens is 1. The van der Waals surface area contributed by atoms with Gasteiger partial charge in [-0.3, -0.25) is 4.90 Å². The van der Waals surface area contributed by atoms with Crippen molar-refractivity contribution in [1.82, 2.24) is 40.1 Å². The highest BCUT2D eigenvalue weighted by Crippen LogP contribution is 2.40. The molecular formula is C35H37ClN8O2. The third-order valence-electron chi connectivity index (χ3n) is 8.68. The molecule has 46 heavy (non-hydrogen) atoms.